The fourth-order valence-electron chi connectivity index (χ4n) is 2.77. The van der Waals surface area contributed by atoms with Crippen molar-refractivity contribution in [3.8, 4) is 0 Å². The maximum absolute atomic E-state index is 12.2. The van der Waals surface area contributed by atoms with E-state index in [1.54, 1.807) is 11.8 Å². The number of aliphatic carboxylic acids is 1. The second-order valence-electron chi connectivity index (χ2n) is 7.51. The topological polar surface area (TPSA) is 90.8 Å². The molecule has 1 aromatic carbocycles. The van der Waals surface area contributed by atoms with E-state index in [1.807, 2.05) is 32.0 Å². The molecule has 0 amide bonds. The van der Waals surface area contributed by atoms with Gasteiger partial charge in [-0.15, -0.1) is 0 Å². The van der Waals surface area contributed by atoms with Crippen LogP contribution in [0.15, 0.2) is 30.3 Å². The van der Waals surface area contributed by atoms with Gasteiger partial charge in [-0.25, -0.2) is 0 Å². The van der Waals surface area contributed by atoms with Crippen LogP contribution in [-0.2, 0) is 16.0 Å². The molecule has 0 radical (unpaired) electrons. The average molecular weight is 391 g/mol. The first-order chi connectivity index (χ1) is 12.8. The van der Waals surface area contributed by atoms with Gasteiger partial charge < -0.3 is 10.6 Å². The number of hydrogen-bond donors (Lipinski definition) is 1. The second-order valence-corrected chi connectivity index (χ2v) is 8.73. The summed E-state index contributed by atoms with van der Waals surface area (Å²) in [7, 11) is 0. The quantitative estimate of drug-likeness (QED) is 0.217. The summed E-state index contributed by atoms with van der Waals surface area (Å²) >= 11 is 1.66. The molecule has 0 saturated carbocycles. The highest BCUT2D eigenvalue weighted by molar-refractivity contribution is 7.99. The van der Waals surface area contributed by atoms with Crippen LogP contribution in [0.1, 0.15) is 57.9 Å². The molecule has 0 aliphatic carbocycles. The number of Topliss-reactive ketones (excluding diaryl/α,β-unsaturated/α-hetero) is 1. The zero-order valence-electron chi connectivity index (χ0n) is 16.3. The molecule has 0 atom stereocenters. The molecule has 0 fully saturated rings. The van der Waals surface area contributed by atoms with Crippen molar-refractivity contribution in [2.45, 2.75) is 58.8 Å². The number of aryl methyl sites for hydroxylation is 1. The lowest BCUT2D eigenvalue weighted by Gasteiger charge is -2.21. The van der Waals surface area contributed by atoms with Crippen LogP contribution in [-0.4, -0.2) is 38.9 Å². The molecule has 148 valence electrons. The van der Waals surface area contributed by atoms with Crippen LogP contribution in [0.4, 0.5) is 0 Å². The summed E-state index contributed by atoms with van der Waals surface area (Å²) in [5.74, 6) is 0.651. The van der Waals surface area contributed by atoms with Crippen LogP contribution < -0.4 is 0 Å². The Morgan fingerprint density at radius 3 is 2.44 bits per heavy atom. The molecule has 0 heterocycles. The number of rotatable bonds is 14. The number of carboxylic acids is 1. The Balaban J connectivity index is 2.20. The van der Waals surface area contributed by atoms with E-state index in [0.29, 0.717) is 18.6 Å². The van der Waals surface area contributed by atoms with E-state index in [2.05, 4.69) is 16.9 Å². The summed E-state index contributed by atoms with van der Waals surface area (Å²) in [6, 6.07) is 10.2. The maximum Gasteiger partial charge on any atom is 0.335 e. The summed E-state index contributed by atoms with van der Waals surface area (Å²) in [5, 5.41) is 8.88. The molecule has 1 N–H and O–H groups in total. The number of hydrogen-bond acceptors (Lipinski definition) is 3. The van der Waals surface area contributed by atoms with Crippen molar-refractivity contribution in [1.82, 2.24) is 0 Å². The van der Waals surface area contributed by atoms with Crippen LogP contribution in [0.25, 0.3) is 5.53 Å². The fraction of sp³-hybridized carbons (Fsp3) is 0.571. The third kappa shape index (κ3) is 10.7. The first kappa shape index (κ1) is 23.1. The summed E-state index contributed by atoms with van der Waals surface area (Å²) in [5.41, 5.74) is 10.4. The van der Waals surface area contributed by atoms with Crippen LogP contribution >= 0.6 is 11.8 Å². The largest absolute Gasteiger partial charge is 0.481 e. The van der Waals surface area contributed by atoms with E-state index in [-0.39, 0.29) is 23.3 Å². The minimum absolute atomic E-state index is 0.0858. The molecule has 27 heavy (non-hydrogen) atoms. The normalized spacial score (nSPS) is 11.0. The summed E-state index contributed by atoms with van der Waals surface area (Å²) < 4.78 is 0. The van der Waals surface area contributed by atoms with E-state index in [9.17, 15) is 9.59 Å². The predicted octanol–water partition coefficient (Wildman–Crippen LogP) is 4.65. The number of thioether (sulfide) groups is 1. The van der Waals surface area contributed by atoms with Gasteiger partial charge in [-0.3, -0.25) is 9.59 Å². The highest BCUT2D eigenvalue weighted by Crippen LogP contribution is 2.27. The summed E-state index contributed by atoms with van der Waals surface area (Å²) in [6.45, 7) is 3.89. The highest BCUT2D eigenvalue weighted by Gasteiger charge is 2.22. The molecule has 0 aromatic heterocycles. The van der Waals surface area contributed by atoms with Crippen LogP contribution in [0.5, 0.6) is 0 Å². The first-order valence-electron chi connectivity index (χ1n) is 9.41. The Hall–Kier alpha value is -1.91. The van der Waals surface area contributed by atoms with Gasteiger partial charge in [0.05, 0.1) is 12.8 Å². The molecule has 1 aromatic rings. The van der Waals surface area contributed by atoms with E-state index in [0.717, 1.165) is 31.4 Å². The Kier molecular flexibility index (Phi) is 10.7. The molecular formula is C21H30N2O3S. The van der Waals surface area contributed by atoms with Gasteiger partial charge in [0.1, 0.15) is 0 Å². The monoisotopic (exact) mass is 390 g/mol. The van der Waals surface area contributed by atoms with Gasteiger partial charge in [0.2, 0.25) is 5.78 Å². The molecule has 0 unspecified atom stereocenters. The SMILES string of the molecule is CC(C)(CCSCCC(=[N+]=[N-])C(=O)CCCCc1ccccc1)CC(=O)O. The van der Waals surface area contributed by atoms with E-state index in [1.165, 1.54) is 5.56 Å². The van der Waals surface area contributed by atoms with Gasteiger partial charge in [0, 0.05) is 12.2 Å². The zero-order valence-corrected chi connectivity index (χ0v) is 17.1. The Morgan fingerprint density at radius 1 is 1.11 bits per heavy atom. The molecular weight excluding hydrogens is 360 g/mol. The number of carbonyl (C=O) groups is 2. The third-order valence-electron chi connectivity index (χ3n) is 4.44. The molecule has 0 spiro atoms. The smallest absolute Gasteiger partial charge is 0.335 e. The van der Waals surface area contributed by atoms with Crippen molar-refractivity contribution >= 4 is 29.2 Å². The van der Waals surface area contributed by atoms with E-state index < -0.39 is 5.97 Å². The molecule has 0 aliphatic rings. The summed E-state index contributed by atoms with van der Waals surface area (Å²) in [6.07, 6.45) is 4.45. The summed E-state index contributed by atoms with van der Waals surface area (Å²) in [4.78, 5) is 26.2. The minimum atomic E-state index is -0.780. The number of nitrogens with zero attached hydrogens (tertiary/aromatic N) is 2. The fourth-order valence-corrected chi connectivity index (χ4v) is 4.00. The average Bonchev–Trinajstić information content (AvgIpc) is 2.61. The standard InChI is InChI=1S/C21H30N2O3S/c1-21(2,16-20(25)26)13-15-27-14-12-18(23-22)19(24)11-7-6-10-17-8-4-3-5-9-17/h3-5,8-9H,6-7,10-16H2,1-2H3,(H,25,26). The lowest BCUT2D eigenvalue weighted by molar-refractivity contribution is -0.139. The Labute approximate surface area is 166 Å². The van der Waals surface area contributed by atoms with Crippen molar-refractivity contribution in [3.05, 3.63) is 41.4 Å². The Bertz CT molecular complexity index is 653. The van der Waals surface area contributed by atoms with Crippen molar-refractivity contribution in [2.24, 2.45) is 5.41 Å². The van der Waals surface area contributed by atoms with Gasteiger partial charge in [-0.05, 0) is 42.4 Å². The van der Waals surface area contributed by atoms with Crippen LogP contribution in [0.3, 0.4) is 0 Å². The van der Waals surface area contributed by atoms with Crippen molar-refractivity contribution in [3.63, 3.8) is 0 Å². The first-order valence-corrected chi connectivity index (χ1v) is 10.6. The number of carboxylic acid groups (broad SMARTS) is 1. The number of ketones is 1. The molecule has 1 rings (SSSR count). The predicted molar refractivity (Wildman–Crippen MR) is 110 cm³/mol. The van der Waals surface area contributed by atoms with Crippen molar-refractivity contribution < 1.29 is 19.5 Å². The van der Waals surface area contributed by atoms with Gasteiger partial charge in [-0.2, -0.15) is 16.6 Å². The highest BCUT2D eigenvalue weighted by atomic mass is 32.2. The van der Waals surface area contributed by atoms with Gasteiger partial charge in [0.25, 0.3) is 0 Å². The molecule has 0 saturated heterocycles. The second kappa shape index (κ2) is 12.5. The van der Waals surface area contributed by atoms with Gasteiger partial charge >= 0.3 is 11.7 Å². The Morgan fingerprint density at radius 2 is 1.81 bits per heavy atom. The van der Waals surface area contributed by atoms with Crippen molar-refractivity contribution in [1.29, 1.82) is 0 Å². The molecule has 5 nitrogen and oxygen atoms in total. The number of carbonyl (C=O) groups excluding carboxylic acids is 1. The number of benzene rings is 1. The van der Waals surface area contributed by atoms with E-state index in [4.69, 9.17) is 10.6 Å². The number of unbranched alkanes of at least 4 members (excludes halogenated alkanes) is 1. The van der Waals surface area contributed by atoms with E-state index >= 15 is 0 Å². The minimum Gasteiger partial charge on any atom is -0.481 e. The maximum atomic E-state index is 12.2. The molecule has 6 heteroatoms. The lowest BCUT2D eigenvalue weighted by Crippen LogP contribution is -2.18. The molecule has 0 bridgehead atoms. The van der Waals surface area contributed by atoms with Gasteiger partial charge in [-0.1, -0.05) is 44.2 Å². The van der Waals surface area contributed by atoms with Crippen LogP contribution in [0.2, 0.25) is 0 Å². The van der Waals surface area contributed by atoms with Crippen LogP contribution in [0, 0.1) is 5.41 Å². The molecule has 0 aliphatic heterocycles. The third-order valence-corrected chi connectivity index (χ3v) is 5.43. The van der Waals surface area contributed by atoms with Crippen molar-refractivity contribution in [2.75, 3.05) is 11.5 Å². The zero-order chi connectivity index (χ0) is 20.1. The lowest BCUT2D eigenvalue weighted by atomic mass is 9.87. The van der Waals surface area contributed by atoms with Gasteiger partial charge in [0.15, 0.2) is 0 Å².